The third-order valence-electron chi connectivity index (χ3n) is 0.359. The van der Waals surface area contributed by atoms with Gasteiger partial charge in [-0.15, -0.1) is 5.73 Å². The Labute approximate surface area is 44.0 Å². The topological polar surface area (TPSA) is 0 Å². The van der Waals surface area contributed by atoms with E-state index in [1.165, 1.54) is 0 Å². The van der Waals surface area contributed by atoms with Crippen LogP contribution in [-0.4, -0.2) is 5.25 Å². The van der Waals surface area contributed by atoms with Crippen LogP contribution in [0.4, 0.5) is 0 Å². The van der Waals surface area contributed by atoms with Crippen molar-refractivity contribution in [1.29, 1.82) is 0 Å². The van der Waals surface area contributed by atoms with Gasteiger partial charge >= 0.3 is 0 Å². The Hall–Kier alpha value is -0.130. The maximum Gasteiger partial charge on any atom is 0.0243 e. The molecule has 1 heteroatoms. The highest BCUT2D eigenvalue weighted by molar-refractivity contribution is 7.81. The van der Waals surface area contributed by atoms with Crippen molar-refractivity contribution in [2.24, 2.45) is 0 Å². The average molecular weight is 100 g/mol. The molecule has 0 nitrogen and oxygen atoms in total. The van der Waals surface area contributed by atoms with E-state index >= 15 is 0 Å². The fourth-order valence-corrected chi connectivity index (χ4v) is 0.276. The van der Waals surface area contributed by atoms with E-state index in [0.717, 1.165) is 0 Å². The first-order chi connectivity index (χ1) is 2.77. The van der Waals surface area contributed by atoms with Crippen molar-refractivity contribution in [3.8, 4) is 0 Å². The molecular formula is C5H8S. The minimum atomic E-state index is 0.294. The van der Waals surface area contributed by atoms with Crippen LogP contribution in [0.15, 0.2) is 18.4 Å². The predicted octanol–water partition coefficient (Wildman–Crippen LogP) is 1.65. The number of hydrogen-bond donors (Lipinski definition) is 1. The van der Waals surface area contributed by atoms with Crippen molar-refractivity contribution >= 4 is 12.6 Å². The summed E-state index contributed by atoms with van der Waals surface area (Å²) in [6, 6.07) is 0. The van der Waals surface area contributed by atoms with Gasteiger partial charge in [0.15, 0.2) is 0 Å². The van der Waals surface area contributed by atoms with Crippen molar-refractivity contribution in [3.05, 3.63) is 18.4 Å². The van der Waals surface area contributed by atoms with Gasteiger partial charge in [0, 0.05) is 5.25 Å². The molecule has 0 aromatic rings. The molecule has 0 bridgehead atoms. The van der Waals surface area contributed by atoms with Crippen LogP contribution in [-0.2, 0) is 0 Å². The molecule has 0 rings (SSSR count). The van der Waals surface area contributed by atoms with Gasteiger partial charge in [0.2, 0.25) is 0 Å². The van der Waals surface area contributed by atoms with Gasteiger partial charge in [-0.1, -0.05) is 6.58 Å². The standard InChI is InChI=1S/C5H8S/c1-3-4-5(2)6/h4-6H,1H2,2H3. The monoisotopic (exact) mass is 100 g/mol. The molecule has 0 radical (unpaired) electrons. The van der Waals surface area contributed by atoms with Crippen LogP contribution in [0.3, 0.4) is 0 Å². The van der Waals surface area contributed by atoms with Crippen LogP contribution in [0.25, 0.3) is 0 Å². The Morgan fingerprint density at radius 2 is 2.50 bits per heavy atom. The van der Waals surface area contributed by atoms with E-state index in [1.807, 2.05) is 6.92 Å². The molecule has 0 spiro atoms. The normalized spacial score (nSPS) is 12.3. The van der Waals surface area contributed by atoms with Gasteiger partial charge in [-0.05, 0) is 13.0 Å². The minimum absolute atomic E-state index is 0.294. The van der Waals surface area contributed by atoms with Gasteiger partial charge < -0.3 is 0 Å². The van der Waals surface area contributed by atoms with E-state index in [2.05, 4.69) is 24.9 Å². The SMILES string of the molecule is C=C=CC(C)S. The maximum atomic E-state index is 4.02. The number of hydrogen-bond acceptors (Lipinski definition) is 1. The predicted molar refractivity (Wildman–Crippen MR) is 32.2 cm³/mol. The fourth-order valence-electron chi connectivity index (χ4n) is 0.171. The smallest absolute Gasteiger partial charge is 0.0243 e. The van der Waals surface area contributed by atoms with E-state index in [0.29, 0.717) is 5.25 Å². The summed E-state index contributed by atoms with van der Waals surface area (Å²) in [4.78, 5) is 0. The second-order valence-electron chi connectivity index (χ2n) is 1.11. The second-order valence-corrected chi connectivity index (χ2v) is 1.93. The third kappa shape index (κ3) is 3.87. The molecule has 0 fully saturated rings. The molecule has 0 N–H and O–H groups in total. The molecule has 0 saturated heterocycles. The largest absolute Gasteiger partial charge is 0.171 e. The van der Waals surface area contributed by atoms with Crippen LogP contribution in [0.5, 0.6) is 0 Å². The minimum Gasteiger partial charge on any atom is -0.171 e. The summed E-state index contributed by atoms with van der Waals surface area (Å²) in [5.74, 6) is 0. The molecular weight excluding hydrogens is 92.1 g/mol. The zero-order chi connectivity index (χ0) is 4.99. The Bertz CT molecular complexity index is 68.0. The van der Waals surface area contributed by atoms with Crippen molar-refractivity contribution < 1.29 is 0 Å². The van der Waals surface area contributed by atoms with E-state index < -0.39 is 0 Å². The maximum absolute atomic E-state index is 4.02. The van der Waals surface area contributed by atoms with Gasteiger partial charge in [-0.3, -0.25) is 0 Å². The molecule has 0 heterocycles. The molecule has 0 aromatic heterocycles. The van der Waals surface area contributed by atoms with E-state index in [9.17, 15) is 0 Å². The number of rotatable bonds is 1. The highest BCUT2D eigenvalue weighted by Gasteiger charge is 1.77. The lowest BCUT2D eigenvalue weighted by Crippen LogP contribution is -1.76. The molecule has 1 unspecified atom stereocenters. The van der Waals surface area contributed by atoms with Crippen molar-refractivity contribution in [3.63, 3.8) is 0 Å². The average Bonchev–Trinajstić information content (AvgIpc) is 1.35. The van der Waals surface area contributed by atoms with Gasteiger partial charge in [0.05, 0.1) is 0 Å². The van der Waals surface area contributed by atoms with Crippen LogP contribution in [0, 0.1) is 0 Å². The summed E-state index contributed by atoms with van der Waals surface area (Å²) in [6.45, 7) is 5.33. The highest BCUT2D eigenvalue weighted by atomic mass is 32.1. The molecule has 6 heavy (non-hydrogen) atoms. The molecule has 0 aliphatic heterocycles. The van der Waals surface area contributed by atoms with Gasteiger partial charge in [0.1, 0.15) is 0 Å². The Kier molecular flexibility index (Phi) is 3.01. The zero-order valence-corrected chi connectivity index (χ0v) is 4.70. The third-order valence-corrected chi connectivity index (χ3v) is 0.508. The van der Waals surface area contributed by atoms with Gasteiger partial charge in [-0.2, -0.15) is 12.6 Å². The number of thiol groups is 1. The van der Waals surface area contributed by atoms with E-state index in [-0.39, 0.29) is 0 Å². The summed E-state index contributed by atoms with van der Waals surface area (Å²) in [6.07, 6.45) is 1.79. The fraction of sp³-hybridized carbons (Fsp3) is 0.400. The van der Waals surface area contributed by atoms with Crippen LogP contribution >= 0.6 is 12.6 Å². The quantitative estimate of drug-likeness (QED) is 0.376. The summed E-state index contributed by atoms with van der Waals surface area (Å²) in [7, 11) is 0. The Morgan fingerprint density at radius 3 is 2.50 bits per heavy atom. The summed E-state index contributed by atoms with van der Waals surface area (Å²) in [5, 5.41) is 0.294. The highest BCUT2D eigenvalue weighted by Crippen LogP contribution is 1.89. The molecule has 0 aromatic carbocycles. The zero-order valence-electron chi connectivity index (χ0n) is 3.81. The molecule has 0 saturated carbocycles. The second kappa shape index (κ2) is 3.08. The van der Waals surface area contributed by atoms with Gasteiger partial charge in [-0.25, -0.2) is 0 Å². The lowest BCUT2D eigenvalue weighted by molar-refractivity contribution is 1.27. The van der Waals surface area contributed by atoms with E-state index in [1.54, 1.807) is 6.08 Å². The van der Waals surface area contributed by atoms with Crippen LogP contribution in [0.1, 0.15) is 6.92 Å². The lowest BCUT2D eigenvalue weighted by Gasteiger charge is -1.83. The van der Waals surface area contributed by atoms with Crippen molar-refractivity contribution in [2.75, 3.05) is 0 Å². The van der Waals surface area contributed by atoms with E-state index in [4.69, 9.17) is 0 Å². The molecule has 1 atom stereocenters. The molecule has 0 amide bonds. The first-order valence-electron chi connectivity index (χ1n) is 1.81. The molecule has 0 aliphatic rings. The van der Waals surface area contributed by atoms with Crippen molar-refractivity contribution in [1.82, 2.24) is 0 Å². The van der Waals surface area contributed by atoms with Crippen LogP contribution < -0.4 is 0 Å². The molecule has 34 valence electrons. The Morgan fingerprint density at radius 1 is 2.00 bits per heavy atom. The van der Waals surface area contributed by atoms with Gasteiger partial charge in [0.25, 0.3) is 0 Å². The summed E-state index contributed by atoms with van der Waals surface area (Å²) >= 11 is 4.02. The first kappa shape index (κ1) is 5.87. The molecule has 0 aliphatic carbocycles. The Balaban J connectivity index is 3.29. The van der Waals surface area contributed by atoms with Crippen molar-refractivity contribution in [2.45, 2.75) is 12.2 Å². The first-order valence-corrected chi connectivity index (χ1v) is 2.33. The lowest BCUT2D eigenvalue weighted by atomic mass is 10.5. The summed E-state index contributed by atoms with van der Waals surface area (Å²) < 4.78 is 0. The summed E-state index contributed by atoms with van der Waals surface area (Å²) in [5.41, 5.74) is 2.62. The van der Waals surface area contributed by atoms with Crippen LogP contribution in [0.2, 0.25) is 0 Å².